The average molecular weight is 428 g/mol. The van der Waals surface area contributed by atoms with E-state index in [9.17, 15) is 32.7 Å². The smallest absolute Gasteiger partial charge is 0.416 e. The third kappa shape index (κ3) is 3.34. The van der Waals surface area contributed by atoms with Crippen molar-refractivity contribution in [3.8, 4) is 5.75 Å². The first kappa shape index (κ1) is 20.6. The highest BCUT2D eigenvalue weighted by atomic mass is 19.4. The highest BCUT2D eigenvalue weighted by Crippen LogP contribution is 2.46. The normalized spacial score (nSPS) is 15.2. The number of hydrogen-bond acceptors (Lipinski definition) is 5. The third-order valence-electron chi connectivity index (χ3n) is 5.31. The van der Waals surface area contributed by atoms with E-state index >= 15 is 0 Å². The lowest BCUT2D eigenvalue weighted by atomic mass is 9.78. The van der Waals surface area contributed by atoms with Gasteiger partial charge in [0.2, 0.25) is 11.2 Å². The fourth-order valence-electron chi connectivity index (χ4n) is 4.00. The van der Waals surface area contributed by atoms with E-state index in [2.05, 4.69) is 0 Å². The number of Topliss-reactive ketones (excluding diaryl/α,β-unsaturated/α-hetero) is 2. The number of alkyl halides is 3. The zero-order valence-corrected chi connectivity index (χ0v) is 16.1. The van der Waals surface area contributed by atoms with E-state index in [0.29, 0.717) is 0 Å². The summed E-state index contributed by atoms with van der Waals surface area (Å²) in [5, 5.41) is 10.4. The molecule has 0 saturated heterocycles. The molecule has 0 spiro atoms. The third-order valence-corrected chi connectivity index (χ3v) is 5.31. The number of fused-ring (bicyclic) bond motifs is 1. The van der Waals surface area contributed by atoms with Crippen molar-refractivity contribution in [2.75, 3.05) is 0 Å². The molecule has 0 radical (unpaired) electrons. The van der Waals surface area contributed by atoms with Gasteiger partial charge in [-0.05, 0) is 18.6 Å². The zero-order chi connectivity index (χ0) is 22.5. The molecular formula is C23H15F3O5. The van der Waals surface area contributed by atoms with Gasteiger partial charge in [0.25, 0.3) is 0 Å². The number of carbonyl (C=O) groups is 2. The number of benzene rings is 2. The van der Waals surface area contributed by atoms with E-state index in [0.717, 1.165) is 18.2 Å². The molecule has 158 valence electrons. The summed E-state index contributed by atoms with van der Waals surface area (Å²) in [6.07, 6.45) is -4.81. The zero-order valence-electron chi connectivity index (χ0n) is 16.1. The Morgan fingerprint density at radius 1 is 0.935 bits per heavy atom. The minimum absolute atomic E-state index is 0.0164. The summed E-state index contributed by atoms with van der Waals surface area (Å²) < 4.78 is 46.9. The summed E-state index contributed by atoms with van der Waals surface area (Å²) in [5.41, 5.74) is -2.29. The highest BCUT2D eigenvalue weighted by molar-refractivity contribution is 6.27. The Morgan fingerprint density at radius 3 is 2.06 bits per heavy atom. The molecule has 1 aromatic heterocycles. The lowest BCUT2D eigenvalue weighted by Crippen LogP contribution is -2.28. The minimum atomic E-state index is -4.81. The van der Waals surface area contributed by atoms with Gasteiger partial charge >= 0.3 is 6.18 Å². The molecule has 0 amide bonds. The van der Waals surface area contributed by atoms with Crippen molar-refractivity contribution < 1.29 is 32.3 Å². The molecule has 0 saturated carbocycles. The van der Waals surface area contributed by atoms with Gasteiger partial charge in [0, 0.05) is 17.2 Å². The van der Waals surface area contributed by atoms with Crippen LogP contribution in [0, 0.1) is 12.8 Å². The fourth-order valence-corrected chi connectivity index (χ4v) is 4.00. The number of hydrogen-bond donors (Lipinski definition) is 1. The van der Waals surface area contributed by atoms with Crippen molar-refractivity contribution in [3.63, 3.8) is 0 Å². The van der Waals surface area contributed by atoms with Gasteiger partial charge in [-0.15, -0.1) is 0 Å². The predicted molar refractivity (Wildman–Crippen MR) is 103 cm³/mol. The molecular weight excluding hydrogens is 413 g/mol. The van der Waals surface area contributed by atoms with E-state index in [1.807, 2.05) is 0 Å². The average Bonchev–Trinajstić information content (AvgIpc) is 2.97. The Balaban J connectivity index is 2.03. The van der Waals surface area contributed by atoms with Crippen LogP contribution < -0.4 is 5.43 Å². The Hall–Kier alpha value is -3.68. The molecule has 1 aliphatic carbocycles. The van der Waals surface area contributed by atoms with Crippen molar-refractivity contribution in [1.29, 1.82) is 0 Å². The summed E-state index contributed by atoms with van der Waals surface area (Å²) in [7, 11) is 0. The topological polar surface area (TPSA) is 84.6 Å². The molecule has 4 rings (SSSR count). The van der Waals surface area contributed by atoms with Gasteiger partial charge in [0.05, 0.1) is 17.4 Å². The summed E-state index contributed by atoms with van der Waals surface area (Å²) >= 11 is 0. The Bertz CT molecular complexity index is 1240. The van der Waals surface area contributed by atoms with Crippen LogP contribution in [-0.2, 0) is 6.18 Å². The maximum Gasteiger partial charge on any atom is 0.416 e. The van der Waals surface area contributed by atoms with Gasteiger partial charge in [-0.2, -0.15) is 13.2 Å². The molecule has 3 aromatic rings. The van der Waals surface area contributed by atoms with Gasteiger partial charge < -0.3 is 9.52 Å². The number of aryl methyl sites for hydroxylation is 1. The van der Waals surface area contributed by atoms with Crippen molar-refractivity contribution in [2.45, 2.75) is 19.0 Å². The first-order valence-corrected chi connectivity index (χ1v) is 9.28. The summed E-state index contributed by atoms with van der Waals surface area (Å²) in [6, 6.07) is 11.3. The van der Waals surface area contributed by atoms with Crippen LogP contribution in [0.5, 0.6) is 5.75 Å². The van der Waals surface area contributed by atoms with Crippen LogP contribution in [0.25, 0.3) is 0 Å². The standard InChI is InChI=1S/C23H15F3O5/c1-11-10-16(27)21(30)22(31-11)17(14-8-4-5-9-15(14)23(24,25)26)18-19(28)12-6-2-3-7-13(12)20(18)29/h2-10,17-18,30H,1H3. The summed E-state index contributed by atoms with van der Waals surface area (Å²) in [5.74, 6) is -6.17. The number of aromatic hydroxyl groups is 1. The van der Waals surface area contributed by atoms with Crippen molar-refractivity contribution >= 4 is 11.6 Å². The molecule has 0 bridgehead atoms. The largest absolute Gasteiger partial charge is 0.502 e. The highest BCUT2D eigenvalue weighted by Gasteiger charge is 2.49. The van der Waals surface area contributed by atoms with Gasteiger partial charge in [0.1, 0.15) is 5.76 Å². The Morgan fingerprint density at radius 2 is 1.48 bits per heavy atom. The van der Waals surface area contributed by atoms with Crippen molar-refractivity contribution in [3.05, 3.63) is 98.6 Å². The minimum Gasteiger partial charge on any atom is -0.502 e. The quantitative estimate of drug-likeness (QED) is 0.621. The van der Waals surface area contributed by atoms with Crippen LogP contribution in [0.1, 0.15) is 49.3 Å². The molecule has 8 heteroatoms. The molecule has 1 N–H and O–H groups in total. The van der Waals surface area contributed by atoms with Gasteiger partial charge in [-0.1, -0.05) is 42.5 Å². The van der Waals surface area contributed by atoms with E-state index in [1.54, 1.807) is 0 Å². The lowest BCUT2D eigenvalue weighted by molar-refractivity contribution is -0.138. The van der Waals surface area contributed by atoms with E-state index in [-0.39, 0.29) is 16.9 Å². The molecule has 31 heavy (non-hydrogen) atoms. The van der Waals surface area contributed by atoms with Crippen LogP contribution in [-0.4, -0.2) is 16.7 Å². The molecule has 1 aliphatic rings. The van der Waals surface area contributed by atoms with Crippen LogP contribution >= 0.6 is 0 Å². The molecule has 0 fully saturated rings. The fraction of sp³-hybridized carbons (Fsp3) is 0.174. The second kappa shape index (κ2) is 7.23. The monoisotopic (exact) mass is 428 g/mol. The van der Waals surface area contributed by atoms with Crippen molar-refractivity contribution in [2.24, 2.45) is 5.92 Å². The van der Waals surface area contributed by atoms with E-state index < -0.39 is 57.6 Å². The van der Waals surface area contributed by atoms with Gasteiger partial charge in [-0.3, -0.25) is 14.4 Å². The molecule has 1 heterocycles. The van der Waals surface area contributed by atoms with E-state index in [1.165, 1.54) is 43.3 Å². The van der Waals surface area contributed by atoms with Crippen LogP contribution in [0.3, 0.4) is 0 Å². The maximum atomic E-state index is 13.8. The van der Waals surface area contributed by atoms with Gasteiger partial charge in [-0.25, -0.2) is 0 Å². The molecule has 2 aromatic carbocycles. The van der Waals surface area contributed by atoms with Crippen LogP contribution in [0.15, 0.2) is 63.8 Å². The number of ketones is 2. The van der Waals surface area contributed by atoms with Crippen molar-refractivity contribution in [1.82, 2.24) is 0 Å². The molecule has 5 nitrogen and oxygen atoms in total. The second-order valence-electron chi connectivity index (χ2n) is 7.25. The molecule has 1 unspecified atom stereocenters. The molecule has 0 aliphatic heterocycles. The Kier molecular flexibility index (Phi) is 4.80. The lowest BCUT2D eigenvalue weighted by Gasteiger charge is -2.25. The number of rotatable bonds is 3. The first-order valence-electron chi connectivity index (χ1n) is 9.28. The summed E-state index contributed by atoms with van der Waals surface area (Å²) in [6.45, 7) is 1.38. The van der Waals surface area contributed by atoms with Gasteiger partial charge in [0.15, 0.2) is 17.3 Å². The van der Waals surface area contributed by atoms with Crippen LogP contribution in [0.2, 0.25) is 0 Å². The van der Waals surface area contributed by atoms with Crippen LogP contribution in [0.4, 0.5) is 13.2 Å². The van der Waals surface area contributed by atoms with E-state index in [4.69, 9.17) is 4.42 Å². The first-order chi connectivity index (χ1) is 14.6. The Labute approximate surface area is 173 Å². The number of carbonyl (C=O) groups excluding carboxylic acids is 2. The predicted octanol–water partition coefficient (Wildman–Crippen LogP) is 4.50. The second-order valence-corrected chi connectivity index (χ2v) is 7.25. The maximum absolute atomic E-state index is 13.8. The summed E-state index contributed by atoms with van der Waals surface area (Å²) in [4.78, 5) is 38.4. The molecule has 1 atom stereocenters. The number of halogens is 3. The SMILES string of the molecule is Cc1cc(=O)c(O)c(C(c2ccccc2C(F)(F)F)C2C(=O)c3ccccc3C2=O)o1.